The van der Waals surface area contributed by atoms with Crippen molar-refractivity contribution in [2.45, 2.75) is 65.9 Å². The predicted octanol–water partition coefficient (Wildman–Crippen LogP) is 1.39. The summed E-state index contributed by atoms with van der Waals surface area (Å²) in [7, 11) is 0. The highest BCUT2D eigenvalue weighted by molar-refractivity contribution is 5.73. The van der Waals surface area contributed by atoms with Crippen LogP contribution in [0, 0.1) is 11.8 Å². The Balaban J connectivity index is 2.77. The first-order valence-electron chi connectivity index (χ1n) is 8.01. The maximum absolute atomic E-state index is 11.5. The Morgan fingerprint density at radius 1 is 1.13 bits per heavy atom. The minimum absolute atomic E-state index is 0.00752. The molecule has 132 valence electrons. The van der Waals surface area contributed by atoms with Gasteiger partial charge in [0.1, 0.15) is 6.61 Å². The topological polar surface area (TPSA) is 90.9 Å². The van der Waals surface area contributed by atoms with Crippen molar-refractivity contribution in [3.05, 3.63) is 0 Å². The first-order chi connectivity index (χ1) is 10.8. The molecule has 0 radical (unpaired) electrons. The van der Waals surface area contributed by atoms with Gasteiger partial charge in [-0.15, -0.1) is 0 Å². The Kier molecular flexibility index (Phi) is 7.48. The fourth-order valence-corrected chi connectivity index (χ4v) is 2.64. The molecule has 1 heterocycles. The van der Waals surface area contributed by atoms with Crippen molar-refractivity contribution in [3.63, 3.8) is 0 Å². The van der Waals surface area contributed by atoms with Crippen molar-refractivity contribution in [2.24, 2.45) is 11.8 Å². The SMILES string of the molecule is CCCC(=O)OCC1OC(OC(C)=O)C(NC(C)=O)[C@@H](C)[C@@H]1C. The second-order valence-electron chi connectivity index (χ2n) is 6.03. The summed E-state index contributed by atoms with van der Waals surface area (Å²) in [6, 6.07) is -0.436. The number of hydrogen-bond donors (Lipinski definition) is 1. The highest BCUT2D eigenvalue weighted by Gasteiger charge is 2.44. The zero-order valence-corrected chi connectivity index (χ0v) is 14.5. The van der Waals surface area contributed by atoms with Crippen molar-refractivity contribution in [2.75, 3.05) is 6.61 Å². The van der Waals surface area contributed by atoms with Crippen LogP contribution in [0.2, 0.25) is 0 Å². The van der Waals surface area contributed by atoms with E-state index in [1.165, 1.54) is 13.8 Å². The van der Waals surface area contributed by atoms with Crippen LogP contribution in [0.25, 0.3) is 0 Å². The summed E-state index contributed by atoms with van der Waals surface area (Å²) in [5.74, 6) is -0.972. The first-order valence-corrected chi connectivity index (χ1v) is 8.01. The Hall–Kier alpha value is -1.63. The van der Waals surface area contributed by atoms with Gasteiger partial charge in [0.15, 0.2) is 0 Å². The van der Waals surface area contributed by atoms with Crippen LogP contribution in [0.15, 0.2) is 0 Å². The second-order valence-corrected chi connectivity index (χ2v) is 6.03. The molecule has 1 N–H and O–H groups in total. The number of hydrogen-bond acceptors (Lipinski definition) is 6. The van der Waals surface area contributed by atoms with Gasteiger partial charge in [0.05, 0.1) is 12.1 Å². The van der Waals surface area contributed by atoms with Gasteiger partial charge in [-0.2, -0.15) is 0 Å². The molecule has 0 aromatic heterocycles. The lowest BCUT2D eigenvalue weighted by Crippen LogP contribution is -2.58. The van der Waals surface area contributed by atoms with Crippen LogP contribution in [0.5, 0.6) is 0 Å². The van der Waals surface area contributed by atoms with E-state index in [1.807, 2.05) is 20.8 Å². The number of carbonyl (C=O) groups is 3. The third-order valence-electron chi connectivity index (χ3n) is 4.10. The molecule has 1 aliphatic rings. The van der Waals surface area contributed by atoms with E-state index in [1.54, 1.807) is 0 Å². The third-order valence-corrected chi connectivity index (χ3v) is 4.10. The van der Waals surface area contributed by atoms with Gasteiger partial charge in [0.2, 0.25) is 12.2 Å². The van der Waals surface area contributed by atoms with Crippen LogP contribution >= 0.6 is 0 Å². The van der Waals surface area contributed by atoms with Gasteiger partial charge < -0.3 is 19.5 Å². The van der Waals surface area contributed by atoms with Crippen molar-refractivity contribution in [1.82, 2.24) is 5.32 Å². The predicted molar refractivity (Wildman–Crippen MR) is 82.2 cm³/mol. The molecule has 0 bridgehead atoms. The second kappa shape index (κ2) is 8.86. The number of carbonyl (C=O) groups excluding carboxylic acids is 3. The zero-order valence-electron chi connectivity index (χ0n) is 14.5. The van der Waals surface area contributed by atoms with Crippen LogP contribution in [0.1, 0.15) is 47.5 Å². The van der Waals surface area contributed by atoms with Crippen molar-refractivity contribution in [1.29, 1.82) is 0 Å². The fraction of sp³-hybridized carbons (Fsp3) is 0.812. The minimum atomic E-state index is -0.891. The summed E-state index contributed by atoms with van der Waals surface area (Å²) in [5.41, 5.74) is 0. The molecule has 0 aromatic carbocycles. The van der Waals surface area contributed by atoms with Gasteiger partial charge in [-0.1, -0.05) is 20.8 Å². The molecule has 1 rings (SSSR count). The van der Waals surface area contributed by atoms with E-state index in [4.69, 9.17) is 14.2 Å². The largest absolute Gasteiger partial charge is 0.463 e. The molecule has 0 spiro atoms. The molecule has 5 atom stereocenters. The first kappa shape index (κ1) is 19.4. The lowest BCUT2D eigenvalue weighted by molar-refractivity contribution is -0.239. The number of esters is 2. The van der Waals surface area contributed by atoms with Crippen LogP contribution in [0.4, 0.5) is 0 Å². The minimum Gasteiger partial charge on any atom is -0.463 e. The smallest absolute Gasteiger partial charge is 0.305 e. The van der Waals surface area contributed by atoms with Crippen molar-refractivity contribution >= 4 is 17.8 Å². The molecule has 1 amide bonds. The quantitative estimate of drug-likeness (QED) is 0.741. The molecule has 7 nitrogen and oxygen atoms in total. The fourth-order valence-electron chi connectivity index (χ4n) is 2.64. The Labute approximate surface area is 137 Å². The van der Waals surface area contributed by atoms with Crippen LogP contribution < -0.4 is 5.32 Å². The van der Waals surface area contributed by atoms with E-state index in [0.29, 0.717) is 6.42 Å². The number of amides is 1. The van der Waals surface area contributed by atoms with E-state index in [-0.39, 0.29) is 36.4 Å². The maximum Gasteiger partial charge on any atom is 0.305 e. The molecule has 1 aliphatic heterocycles. The molecular weight excluding hydrogens is 302 g/mol. The molecule has 23 heavy (non-hydrogen) atoms. The Bertz CT molecular complexity index is 438. The normalized spacial score (nSPS) is 30.4. The van der Waals surface area contributed by atoms with E-state index in [0.717, 1.165) is 6.42 Å². The summed E-state index contributed by atoms with van der Waals surface area (Å²) in [6.07, 6.45) is -0.201. The Morgan fingerprint density at radius 2 is 1.78 bits per heavy atom. The van der Waals surface area contributed by atoms with Crippen LogP contribution in [-0.4, -0.2) is 42.9 Å². The summed E-state index contributed by atoms with van der Waals surface area (Å²) in [6.45, 7) is 8.60. The van der Waals surface area contributed by atoms with E-state index < -0.39 is 18.3 Å². The monoisotopic (exact) mass is 329 g/mol. The third kappa shape index (κ3) is 5.82. The lowest BCUT2D eigenvalue weighted by atomic mass is 9.82. The van der Waals surface area contributed by atoms with E-state index in [2.05, 4.69) is 5.32 Å². The lowest BCUT2D eigenvalue weighted by Gasteiger charge is -2.43. The molecule has 7 heteroatoms. The molecular formula is C16H27NO6. The average molecular weight is 329 g/mol. The highest BCUT2D eigenvalue weighted by Crippen LogP contribution is 2.31. The molecule has 0 aliphatic carbocycles. The number of rotatable bonds is 6. The summed E-state index contributed by atoms with van der Waals surface area (Å²) in [4.78, 5) is 34.2. The summed E-state index contributed by atoms with van der Waals surface area (Å²) >= 11 is 0. The maximum atomic E-state index is 11.5. The van der Waals surface area contributed by atoms with E-state index >= 15 is 0 Å². The number of nitrogens with one attached hydrogen (secondary N) is 1. The average Bonchev–Trinajstić information content (AvgIpc) is 2.45. The van der Waals surface area contributed by atoms with Gasteiger partial charge in [-0.3, -0.25) is 14.4 Å². The van der Waals surface area contributed by atoms with Crippen molar-refractivity contribution < 1.29 is 28.6 Å². The Morgan fingerprint density at radius 3 is 2.30 bits per heavy atom. The van der Waals surface area contributed by atoms with Gasteiger partial charge in [-0.25, -0.2) is 0 Å². The molecule has 3 unspecified atom stereocenters. The number of ether oxygens (including phenoxy) is 3. The van der Waals surface area contributed by atoms with Crippen molar-refractivity contribution in [3.8, 4) is 0 Å². The molecule has 0 aromatic rings. The molecule has 0 saturated carbocycles. The highest BCUT2D eigenvalue weighted by atomic mass is 16.7. The molecule has 1 saturated heterocycles. The standard InChI is InChI=1S/C16H27NO6/c1-6-7-14(20)21-8-13-9(2)10(3)15(17-11(4)18)16(23-13)22-12(5)19/h9-10,13,15-16H,6-8H2,1-5H3,(H,17,18)/t9-,10-,13?,15?,16?/m0/s1. The van der Waals surface area contributed by atoms with Gasteiger partial charge in [-0.05, 0) is 18.3 Å². The summed E-state index contributed by atoms with van der Waals surface area (Å²) in [5, 5.41) is 2.77. The summed E-state index contributed by atoms with van der Waals surface area (Å²) < 4.78 is 16.2. The van der Waals surface area contributed by atoms with Gasteiger partial charge in [0.25, 0.3) is 0 Å². The van der Waals surface area contributed by atoms with Gasteiger partial charge in [0, 0.05) is 20.3 Å². The molecule has 1 fully saturated rings. The van der Waals surface area contributed by atoms with E-state index in [9.17, 15) is 14.4 Å². The zero-order chi connectivity index (χ0) is 17.6. The van der Waals surface area contributed by atoms with Crippen LogP contribution in [0.3, 0.4) is 0 Å². The van der Waals surface area contributed by atoms with Crippen LogP contribution in [-0.2, 0) is 28.6 Å². The van der Waals surface area contributed by atoms with Gasteiger partial charge >= 0.3 is 11.9 Å².